The van der Waals surface area contributed by atoms with E-state index in [-0.39, 0.29) is 5.57 Å². The van der Waals surface area contributed by atoms with E-state index >= 15 is 0 Å². The number of benzene rings is 1. The van der Waals surface area contributed by atoms with Crippen molar-refractivity contribution in [2.75, 3.05) is 13.2 Å². The number of primary amides is 1. The quantitative estimate of drug-likeness (QED) is 0.452. The number of nitrogens with zero attached hydrogens (tertiary/aromatic N) is 1. The minimum atomic E-state index is -0.751. The van der Waals surface area contributed by atoms with E-state index < -0.39 is 5.91 Å². The molecule has 0 aliphatic rings. The third-order valence-corrected chi connectivity index (χ3v) is 2.72. The first-order valence-electron chi connectivity index (χ1n) is 6.93. The van der Waals surface area contributed by atoms with Gasteiger partial charge in [0.2, 0.25) is 0 Å². The van der Waals surface area contributed by atoms with Crippen molar-refractivity contribution in [3.63, 3.8) is 0 Å². The molecule has 0 saturated carbocycles. The fourth-order valence-electron chi connectivity index (χ4n) is 1.65. The Morgan fingerprint density at radius 3 is 2.67 bits per heavy atom. The fourth-order valence-corrected chi connectivity index (χ4v) is 1.65. The summed E-state index contributed by atoms with van der Waals surface area (Å²) in [4.78, 5) is 11.1. The molecule has 0 radical (unpaired) electrons. The van der Waals surface area contributed by atoms with E-state index in [1.54, 1.807) is 24.3 Å². The second kappa shape index (κ2) is 8.64. The number of unbranched alkanes of at least 4 members (excludes halogenated alkanes) is 1. The number of hydrogen-bond donors (Lipinski definition) is 1. The van der Waals surface area contributed by atoms with E-state index in [1.807, 2.05) is 6.92 Å². The molecule has 0 aliphatic carbocycles. The van der Waals surface area contributed by atoms with Gasteiger partial charge in [-0.2, -0.15) is 5.26 Å². The zero-order valence-corrected chi connectivity index (χ0v) is 12.4. The minimum Gasteiger partial charge on any atom is -0.490 e. The van der Waals surface area contributed by atoms with Crippen LogP contribution in [0.5, 0.6) is 11.5 Å². The molecule has 0 heterocycles. The predicted octanol–water partition coefficient (Wildman–Crippen LogP) is 2.66. The monoisotopic (exact) mass is 288 g/mol. The molecular formula is C16H20N2O3. The number of amides is 1. The van der Waals surface area contributed by atoms with E-state index in [0.29, 0.717) is 30.3 Å². The lowest BCUT2D eigenvalue weighted by Crippen LogP contribution is -2.12. The van der Waals surface area contributed by atoms with Crippen LogP contribution in [0.15, 0.2) is 23.8 Å². The minimum absolute atomic E-state index is 0.0999. The number of nitrogens with two attached hydrogens (primary N) is 1. The highest BCUT2D eigenvalue weighted by molar-refractivity contribution is 6.00. The van der Waals surface area contributed by atoms with Gasteiger partial charge < -0.3 is 15.2 Å². The summed E-state index contributed by atoms with van der Waals surface area (Å²) in [5.41, 5.74) is 5.68. The molecule has 1 rings (SSSR count). The zero-order valence-electron chi connectivity index (χ0n) is 12.4. The van der Waals surface area contributed by atoms with Crippen LogP contribution < -0.4 is 15.2 Å². The van der Waals surface area contributed by atoms with Crippen LogP contribution in [0.3, 0.4) is 0 Å². The molecule has 21 heavy (non-hydrogen) atoms. The van der Waals surface area contributed by atoms with Crippen molar-refractivity contribution < 1.29 is 14.3 Å². The number of hydrogen-bond acceptors (Lipinski definition) is 4. The van der Waals surface area contributed by atoms with Gasteiger partial charge in [0.05, 0.1) is 13.2 Å². The highest BCUT2D eigenvalue weighted by Gasteiger charge is 2.08. The van der Waals surface area contributed by atoms with E-state index in [2.05, 4.69) is 6.92 Å². The van der Waals surface area contributed by atoms with Crippen molar-refractivity contribution in [1.29, 1.82) is 5.26 Å². The molecule has 0 aliphatic heterocycles. The fraction of sp³-hybridized carbons (Fsp3) is 0.375. The molecule has 1 amide bonds. The second-order valence-electron chi connectivity index (χ2n) is 4.38. The van der Waals surface area contributed by atoms with Gasteiger partial charge in [0, 0.05) is 0 Å². The first kappa shape index (κ1) is 16.6. The van der Waals surface area contributed by atoms with Crippen LogP contribution in [0, 0.1) is 11.3 Å². The van der Waals surface area contributed by atoms with Gasteiger partial charge in [0.1, 0.15) is 11.6 Å². The predicted molar refractivity (Wildman–Crippen MR) is 80.8 cm³/mol. The standard InChI is InChI=1S/C16H20N2O3/c1-3-5-8-21-14-7-6-12(10-15(14)20-4-2)9-13(11-17)16(18)19/h6-7,9-10H,3-5,8H2,1-2H3,(H2,18,19)/b13-9-. The van der Waals surface area contributed by atoms with Crippen molar-refractivity contribution in [3.8, 4) is 17.6 Å². The van der Waals surface area contributed by atoms with Crippen molar-refractivity contribution in [2.24, 2.45) is 5.73 Å². The molecule has 0 spiro atoms. The van der Waals surface area contributed by atoms with Crippen LogP contribution in [0.4, 0.5) is 0 Å². The van der Waals surface area contributed by atoms with Crippen LogP contribution in [-0.2, 0) is 4.79 Å². The molecule has 0 bridgehead atoms. The Kier molecular flexibility index (Phi) is 6.82. The van der Waals surface area contributed by atoms with Crippen molar-refractivity contribution in [3.05, 3.63) is 29.3 Å². The average Bonchev–Trinajstić information content (AvgIpc) is 2.47. The lowest BCUT2D eigenvalue weighted by Gasteiger charge is -2.12. The number of rotatable bonds is 8. The molecule has 0 saturated heterocycles. The summed E-state index contributed by atoms with van der Waals surface area (Å²) in [5.74, 6) is 0.489. The van der Waals surface area contributed by atoms with Gasteiger partial charge in [0.15, 0.2) is 11.5 Å². The van der Waals surface area contributed by atoms with Gasteiger partial charge in [-0.25, -0.2) is 0 Å². The molecule has 5 heteroatoms. The molecule has 2 N–H and O–H groups in total. The maximum atomic E-state index is 11.1. The normalized spacial score (nSPS) is 10.8. The Balaban J connectivity index is 3.02. The van der Waals surface area contributed by atoms with Crippen LogP contribution in [0.25, 0.3) is 6.08 Å². The molecule has 0 unspecified atom stereocenters. The number of carbonyl (C=O) groups excluding carboxylic acids is 1. The number of nitriles is 1. The van der Waals surface area contributed by atoms with Crippen molar-refractivity contribution in [1.82, 2.24) is 0 Å². The third-order valence-electron chi connectivity index (χ3n) is 2.72. The highest BCUT2D eigenvalue weighted by Crippen LogP contribution is 2.29. The Morgan fingerprint density at radius 1 is 1.33 bits per heavy atom. The maximum absolute atomic E-state index is 11.1. The first-order valence-corrected chi connectivity index (χ1v) is 6.93. The van der Waals surface area contributed by atoms with Crippen LogP contribution in [-0.4, -0.2) is 19.1 Å². The van der Waals surface area contributed by atoms with E-state index in [1.165, 1.54) is 6.08 Å². The summed E-state index contributed by atoms with van der Waals surface area (Å²) in [6.07, 6.45) is 3.45. The second-order valence-corrected chi connectivity index (χ2v) is 4.38. The van der Waals surface area contributed by atoms with Crippen molar-refractivity contribution >= 4 is 12.0 Å². The molecular weight excluding hydrogens is 268 g/mol. The van der Waals surface area contributed by atoms with Gasteiger partial charge >= 0.3 is 0 Å². The Hall–Kier alpha value is -2.48. The van der Waals surface area contributed by atoms with Gasteiger partial charge in [-0.15, -0.1) is 0 Å². The van der Waals surface area contributed by atoms with Gasteiger partial charge in [-0.3, -0.25) is 4.79 Å². The SMILES string of the molecule is CCCCOc1ccc(/C=C(/C#N)C(N)=O)cc1OCC. The molecule has 0 fully saturated rings. The Morgan fingerprint density at radius 2 is 2.10 bits per heavy atom. The van der Waals surface area contributed by atoms with Gasteiger partial charge in [0.25, 0.3) is 5.91 Å². The Labute approximate surface area is 125 Å². The lowest BCUT2D eigenvalue weighted by atomic mass is 10.1. The van der Waals surface area contributed by atoms with E-state index in [4.69, 9.17) is 20.5 Å². The summed E-state index contributed by atoms with van der Waals surface area (Å²) >= 11 is 0. The summed E-state index contributed by atoms with van der Waals surface area (Å²) in [7, 11) is 0. The topological polar surface area (TPSA) is 85.3 Å². The molecule has 1 aromatic rings. The largest absolute Gasteiger partial charge is 0.490 e. The smallest absolute Gasteiger partial charge is 0.259 e. The molecule has 0 aromatic heterocycles. The number of ether oxygens (including phenoxy) is 2. The van der Waals surface area contributed by atoms with Crippen LogP contribution >= 0.6 is 0 Å². The van der Waals surface area contributed by atoms with Crippen LogP contribution in [0.2, 0.25) is 0 Å². The van der Waals surface area contributed by atoms with E-state index in [9.17, 15) is 4.79 Å². The summed E-state index contributed by atoms with van der Waals surface area (Å²) in [6, 6.07) is 7.02. The zero-order chi connectivity index (χ0) is 15.7. The van der Waals surface area contributed by atoms with E-state index in [0.717, 1.165) is 12.8 Å². The number of carbonyl (C=O) groups is 1. The molecule has 112 valence electrons. The summed E-state index contributed by atoms with van der Waals surface area (Å²) in [5, 5.41) is 8.85. The first-order chi connectivity index (χ1) is 10.1. The van der Waals surface area contributed by atoms with Gasteiger partial charge in [-0.05, 0) is 37.1 Å². The third kappa shape index (κ3) is 5.19. The summed E-state index contributed by atoms with van der Waals surface area (Å²) in [6.45, 7) is 5.09. The average molecular weight is 288 g/mol. The summed E-state index contributed by atoms with van der Waals surface area (Å²) < 4.78 is 11.2. The maximum Gasteiger partial charge on any atom is 0.259 e. The highest BCUT2D eigenvalue weighted by atomic mass is 16.5. The lowest BCUT2D eigenvalue weighted by molar-refractivity contribution is -0.114. The molecule has 5 nitrogen and oxygen atoms in total. The molecule has 1 aromatic carbocycles. The molecule has 0 atom stereocenters. The van der Waals surface area contributed by atoms with Gasteiger partial charge in [-0.1, -0.05) is 19.4 Å². The Bertz CT molecular complexity index is 559. The van der Waals surface area contributed by atoms with Crippen LogP contribution in [0.1, 0.15) is 32.3 Å². The van der Waals surface area contributed by atoms with Crippen molar-refractivity contribution in [2.45, 2.75) is 26.7 Å².